The Kier molecular flexibility index (Phi) is 5.36. The molecule has 1 saturated heterocycles. The van der Waals surface area contributed by atoms with Gasteiger partial charge in [0.15, 0.2) is 0 Å². The van der Waals surface area contributed by atoms with Crippen molar-refractivity contribution in [1.82, 2.24) is 9.80 Å². The van der Waals surface area contributed by atoms with E-state index in [2.05, 4.69) is 4.90 Å². The summed E-state index contributed by atoms with van der Waals surface area (Å²) in [5.74, 6) is 0.206. The second-order valence-electron chi connectivity index (χ2n) is 4.96. The van der Waals surface area contributed by atoms with Crippen molar-refractivity contribution in [3.05, 3.63) is 35.9 Å². The van der Waals surface area contributed by atoms with Crippen LogP contribution < -0.4 is 0 Å². The average Bonchev–Trinajstić information content (AvgIpc) is 2.66. The maximum Gasteiger partial charge on any atom is 0.227 e. The summed E-state index contributed by atoms with van der Waals surface area (Å²) in [6.07, 6.45) is 1.47. The largest absolute Gasteiger partial charge is 0.395 e. The molecular formula is C15H22N2O2. The lowest BCUT2D eigenvalue weighted by Gasteiger charge is -2.21. The molecule has 104 valence electrons. The number of aliphatic hydroxyl groups excluding tert-OH is 1. The normalized spacial score (nSPS) is 17.2. The first-order valence-corrected chi connectivity index (χ1v) is 6.94. The molecule has 4 heteroatoms. The summed E-state index contributed by atoms with van der Waals surface area (Å²) in [6, 6.07) is 9.89. The Morgan fingerprint density at radius 3 is 2.63 bits per heavy atom. The third kappa shape index (κ3) is 4.33. The lowest BCUT2D eigenvalue weighted by molar-refractivity contribution is -0.130. The lowest BCUT2D eigenvalue weighted by Crippen LogP contribution is -2.36. The molecule has 1 aliphatic heterocycles. The standard InChI is InChI=1S/C15H22N2O2/c18-12-11-16-7-4-8-17(10-9-16)15(19)13-14-5-2-1-3-6-14/h1-3,5-6,18H,4,7-13H2. The molecule has 0 atom stereocenters. The highest BCUT2D eigenvalue weighted by Gasteiger charge is 2.18. The molecule has 1 fully saturated rings. The van der Waals surface area contributed by atoms with Crippen LogP contribution >= 0.6 is 0 Å². The molecule has 0 bridgehead atoms. The van der Waals surface area contributed by atoms with Crippen molar-refractivity contribution in [3.63, 3.8) is 0 Å². The minimum Gasteiger partial charge on any atom is -0.395 e. The Balaban J connectivity index is 1.86. The van der Waals surface area contributed by atoms with Gasteiger partial charge in [-0.15, -0.1) is 0 Å². The summed E-state index contributed by atoms with van der Waals surface area (Å²) in [5.41, 5.74) is 1.07. The van der Waals surface area contributed by atoms with Gasteiger partial charge in [-0.1, -0.05) is 30.3 Å². The maximum atomic E-state index is 12.2. The van der Waals surface area contributed by atoms with Crippen LogP contribution in [0.5, 0.6) is 0 Å². The number of β-amino-alcohol motifs (C(OH)–C–C–N with tert-alkyl or cyclic N) is 1. The summed E-state index contributed by atoms with van der Waals surface area (Å²) >= 11 is 0. The number of rotatable bonds is 4. The van der Waals surface area contributed by atoms with Crippen molar-refractivity contribution in [1.29, 1.82) is 0 Å². The Bertz CT molecular complexity index is 394. The molecule has 0 unspecified atom stereocenters. The van der Waals surface area contributed by atoms with Crippen LogP contribution in [0, 0.1) is 0 Å². The molecule has 1 amide bonds. The highest BCUT2D eigenvalue weighted by Crippen LogP contribution is 2.07. The van der Waals surface area contributed by atoms with Crippen LogP contribution in [-0.2, 0) is 11.2 Å². The van der Waals surface area contributed by atoms with E-state index in [0.29, 0.717) is 13.0 Å². The fourth-order valence-corrected chi connectivity index (χ4v) is 2.47. The molecule has 0 aromatic heterocycles. The lowest BCUT2D eigenvalue weighted by atomic mass is 10.1. The first-order valence-electron chi connectivity index (χ1n) is 6.94. The highest BCUT2D eigenvalue weighted by atomic mass is 16.3. The summed E-state index contributed by atoms with van der Waals surface area (Å²) in [6.45, 7) is 4.33. The van der Waals surface area contributed by atoms with Crippen molar-refractivity contribution in [2.24, 2.45) is 0 Å². The summed E-state index contributed by atoms with van der Waals surface area (Å²) < 4.78 is 0. The Hall–Kier alpha value is -1.39. The van der Waals surface area contributed by atoms with Gasteiger partial charge in [-0.2, -0.15) is 0 Å². The fraction of sp³-hybridized carbons (Fsp3) is 0.533. The predicted molar refractivity (Wildman–Crippen MR) is 74.9 cm³/mol. The smallest absolute Gasteiger partial charge is 0.227 e. The van der Waals surface area contributed by atoms with Gasteiger partial charge in [0.2, 0.25) is 5.91 Å². The number of carbonyl (C=O) groups excluding carboxylic acids is 1. The quantitative estimate of drug-likeness (QED) is 0.871. The molecular weight excluding hydrogens is 240 g/mol. The fourth-order valence-electron chi connectivity index (χ4n) is 2.47. The number of aliphatic hydroxyl groups is 1. The molecule has 1 aromatic carbocycles. The Morgan fingerprint density at radius 2 is 1.89 bits per heavy atom. The number of amides is 1. The summed E-state index contributed by atoms with van der Waals surface area (Å²) in [5, 5.41) is 8.96. The van der Waals surface area contributed by atoms with Gasteiger partial charge in [-0.25, -0.2) is 0 Å². The predicted octanol–water partition coefficient (Wildman–Crippen LogP) is 0.756. The van der Waals surface area contributed by atoms with Gasteiger partial charge in [0, 0.05) is 26.2 Å². The van der Waals surface area contributed by atoms with Gasteiger partial charge in [0.25, 0.3) is 0 Å². The van der Waals surface area contributed by atoms with Gasteiger partial charge in [0.1, 0.15) is 0 Å². The Labute approximate surface area is 114 Å². The van der Waals surface area contributed by atoms with Crippen molar-refractivity contribution in [3.8, 4) is 0 Å². The number of nitrogens with zero attached hydrogens (tertiary/aromatic N) is 2. The van der Waals surface area contributed by atoms with Crippen molar-refractivity contribution in [2.75, 3.05) is 39.3 Å². The van der Waals surface area contributed by atoms with Crippen molar-refractivity contribution < 1.29 is 9.90 Å². The van der Waals surface area contributed by atoms with Crippen LogP contribution in [0.3, 0.4) is 0 Å². The van der Waals surface area contributed by atoms with Crippen molar-refractivity contribution >= 4 is 5.91 Å². The van der Waals surface area contributed by atoms with Gasteiger partial charge < -0.3 is 10.0 Å². The van der Waals surface area contributed by atoms with Crippen LogP contribution in [0.4, 0.5) is 0 Å². The third-order valence-corrected chi connectivity index (χ3v) is 3.56. The van der Waals surface area contributed by atoms with E-state index in [4.69, 9.17) is 5.11 Å². The van der Waals surface area contributed by atoms with E-state index in [9.17, 15) is 4.79 Å². The van der Waals surface area contributed by atoms with Crippen LogP contribution in [-0.4, -0.2) is 60.1 Å². The first kappa shape index (κ1) is 14.0. The van der Waals surface area contributed by atoms with E-state index in [1.807, 2.05) is 35.2 Å². The zero-order valence-corrected chi connectivity index (χ0v) is 11.3. The van der Waals surface area contributed by atoms with Gasteiger partial charge in [-0.05, 0) is 18.5 Å². The van der Waals surface area contributed by atoms with E-state index in [0.717, 1.165) is 38.2 Å². The van der Waals surface area contributed by atoms with Crippen LogP contribution in [0.1, 0.15) is 12.0 Å². The van der Waals surface area contributed by atoms with Gasteiger partial charge in [0.05, 0.1) is 13.0 Å². The summed E-state index contributed by atoms with van der Waals surface area (Å²) in [4.78, 5) is 16.4. The highest BCUT2D eigenvalue weighted by molar-refractivity contribution is 5.78. The van der Waals surface area contributed by atoms with E-state index >= 15 is 0 Å². The molecule has 19 heavy (non-hydrogen) atoms. The number of benzene rings is 1. The van der Waals surface area contributed by atoms with Gasteiger partial charge in [-0.3, -0.25) is 9.69 Å². The molecule has 1 aromatic rings. The van der Waals surface area contributed by atoms with Crippen LogP contribution in [0.2, 0.25) is 0 Å². The maximum absolute atomic E-state index is 12.2. The minimum absolute atomic E-state index is 0.192. The molecule has 0 radical (unpaired) electrons. The van der Waals surface area contributed by atoms with Gasteiger partial charge >= 0.3 is 0 Å². The van der Waals surface area contributed by atoms with E-state index in [1.165, 1.54) is 0 Å². The van der Waals surface area contributed by atoms with E-state index in [1.54, 1.807) is 0 Å². The molecule has 4 nitrogen and oxygen atoms in total. The summed E-state index contributed by atoms with van der Waals surface area (Å²) in [7, 11) is 0. The molecule has 1 heterocycles. The van der Waals surface area contributed by atoms with Crippen LogP contribution in [0.25, 0.3) is 0 Å². The van der Waals surface area contributed by atoms with Crippen molar-refractivity contribution in [2.45, 2.75) is 12.8 Å². The molecule has 1 aliphatic rings. The third-order valence-electron chi connectivity index (χ3n) is 3.56. The topological polar surface area (TPSA) is 43.8 Å². The van der Waals surface area contributed by atoms with E-state index in [-0.39, 0.29) is 12.5 Å². The zero-order valence-electron chi connectivity index (χ0n) is 11.3. The first-order chi connectivity index (χ1) is 9.29. The zero-order chi connectivity index (χ0) is 13.5. The van der Waals surface area contributed by atoms with E-state index < -0.39 is 0 Å². The molecule has 0 aliphatic carbocycles. The molecule has 1 N–H and O–H groups in total. The number of hydrogen-bond acceptors (Lipinski definition) is 3. The van der Waals surface area contributed by atoms with Crippen LogP contribution in [0.15, 0.2) is 30.3 Å². The molecule has 0 saturated carbocycles. The second kappa shape index (κ2) is 7.26. The molecule has 2 rings (SSSR count). The Morgan fingerprint density at radius 1 is 1.11 bits per heavy atom. The molecule has 0 spiro atoms. The minimum atomic E-state index is 0.192. The number of hydrogen-bond donors (Lipinski definition) is 1. The second-order valence-corrected chi connectivity index (χ2v) is 4.96. The average molecular weight is 262 g/mol. The number of carbonyl (C=O) groups is 1. The SMILES string of the molecule is O=C(Cc1ccccc1)N1CCCN(CCO)CC1. The monoisotopic (exact) mass is 262 g/mol.